The summed E-state index contributed by atoms with van der Waals surface area (Å²) >= 11 is 0. The van der Waals surface area contributed by atoms with Gasteiger partial charge in [0.2, 0.25) is 5.91 Å². The van der Waals surface area contributed by atoms with Gasteiger partial charge in [-0.3, -0.25) is 14.6 Å². The molecule has 3 aliphatic heterocycles. The van der Waals surface area contributed by atoms with Gasteiger partial charge in [-0.1, -0.05) is 42.5 Å². The van der Waals surface area contributed by atoms with Crippen molar-refractivity contribution in [2.24, 2.45) is 0 Å². The van der Waals surface area contributed by atoms with Crippen molar-refractivity contribution in [1.82, 2.24) is 14.7 Å². The van der Waals surface area contributed by atoms with Gasteiger partial charge in [0.15, 0.2) is 0 Å². The second-order valence-electron chi connectivity index (χ2n) is 9.62. The Balaban J connectivity index is 1.33. The topological polar surface area (TPSA) is 56.2 Å². The Hall–Kier alpha value is -2.32. The normalized spacial score (nSPS) is 26.3. The smallest absolute Gasteiger partial charge is 0.236 e. The van der Waals surface area contributed by atoms with Crippen molar-refractivity contribution in [2.75, 3.05) is 59.1 Å². The lowest BCUT2D eigenvalue weighted by Gasteiger charge is -2.57. The summed E-state index contributed by atoms with van der Waals surface area (Å²) in [4.78, 5) is 19.8. The van der Waals surface area contributed by atoms with E-state index in [-0.39, 0.29) is 36.3 Å². The van der Waals surface area contributed by atoms with Crippen LogP contribution in [0.2, 0.25) is 0 Å². The van der Waals surface area contributed by atoms with E-state index in [9.17, 15) is 14.3 Å². The van der Waals surface area contributed by atoms with Crippen molar-refractivity contribution in [3.05, 3.63) is 59.9 Å². The van der Waals surface area contributed by atoms with E-state index in [1.54, 1.807) is 12.1 Å². The molecule has 3 saturated heterocycles. The van der Waals surface area contributed by atoms with E-state index in [4.69, 9.17) is 4.74 Å². The van der Waals surface area contributed by atoms with E-state index < -0.39 is 0 Å². The number of amides is 1. The third-order valence-corrected chi connectivity index (χ3v) is 7.67. The maximum atomic E-state index is 14.2. The van der Waals surface area contributed by atoms with Crippen LogP contribution in [0.1, 0.15) is 24.3 Å². The monoisotopic (exact) mass is 467 g/mol. The van der Waals surface area contributed by atoms with Crippen LogP contribution in [0.5, 0.6) is 0 Å². The molecule has 7 heteroatoms. The number of nitrogens with zero attached hydrogens (tertiary/aromatic N) is 3. The molecule has 0 spiro atoms. The number of aliphatic hydroxyl groups excluding tert-OH is 1. The quantitative estimate of drug-likeness (QED) is 0.733. The first kappa shape index (κ1) is 23.4. The molecule has 3 fully saturated rings. The molecule has 0 unspecified atom stereocenters. The lowest BCUT2D eigenvalue weighted by molar-refractivity contribution is -0.138. The third-order valence-electron chi connectivity index (χ3n) is 7.67. The van der Waals surface area contributed by atoms with E-state index in [1.165, 1.54) is 6.07 Å². The minimum atomic E-state index is -0.229. The van der Waals surface area contributed by atoms with Crippen LogP contribution in [0.3, 0.4) is 0 Å². The van der Waals surface area contributed by atoms with Crippen LogP contribution in [0.25, 0.3) is 11.1 Å². The second kappa shape index (κ2) is 10.5. The molecule has 0 radical (unpaired) electrons. The minimum Gasteiger partial charge on any atom is -0.395 e. The predicted molar refractivity (Wildman–Crippen MR) is 129 cm³/mol. The highest BCUT2D eigenvalue weighted by molar-refractivity contribution is 5.78. The van der Waals surface area contributed by atoms with Gasteiger partial charge in [0.1, 0.15) is 5.82 Å². The van der Waals surface area contributed by atoms with Crippen LogP contribution >= 0.6 is 0 Å². The molecule has 0 aromatic heterocycles. The number of carbonyl (C=O) groups excluding carboxylic acids is 1. The van der Waals surface area contributed by atoms with Gasteiger partial charge in [0.25, 0.3) is 0 Å². The van der Waals surface area contributed by atoms with E-state index in [2.05, 4.69) is 21.9 Å². The van der Waals surface area contributed by atoms with E-state index in [1.807, 2.05) is 23.1 Å². The molecule has 2 aromatic rings. The summed E-state index contributed by atoms with van der Waals surface area (Å²) < 4.78 is 19.6. The van der Waals surface area contributed by atoms with Crippen molar-refractivity contribution in [1.29, 1.82) is 0 Å². The Morgan fingerprint density at radius 2 is 1.74 bits per heavy atom. The number of benzene rings is 2. The highest BCUT2D eigenvalue weighted by Crippen LogP contribution is 2.42. The van der Waals surface area contributed by atoms with Crippen molar-refractivity contribution in [3.63, 3.8) is 0 Å². The van der Waals surface area contributed by atoms with Gasteiger partial charge in [-0.2, -0.15) is 0 Å². The van der Waals surface area contributed by atoms with Crippen molar-refractivity contribution < 1.29 is 19.0 Å². The zero-order valence-corrected chi connectivity index (χ0v) is 19.6. The molecule has 2 aromatic carbocycles. The summed E-state index contributed by atoms with van der Waals surface area (Å²) in [5.41, 5.74) is 2.58. The van der Waals surface area contributed by atoms with Crippen LogP contribution in [-0.2, 0) is 9.53 Å². The van der Waals surface area contributed by atoms with Gasteiger partial charge in [-0.25, -0.2) is 4.39 Å². The Morgan fingerprint density at radius 3 is 2.47 bits per heavy atom. The van der Waals surface area contributed by atoms with Gasteiger partial charge in [-0.15, -0.1) is 0 Å². The Kier molecular flexibility index (Phi) is 7.25. The lowest BCUT2D eigenvalue weighted by atomic mass is 9.74. The van der Waals surface area contributed by atoms with Crippen LogP contribution in [-0.4, -0.2) is 96.9 Å². The summed E-state index contributed by atoms with van der Waals surface area (Å²) in [5.74, 6) is 0.106. The zero-order chi connectivity index (χ0) is 23.5. The fourth-order valence-electron chi connectivity index (χ4n) is 5.80. The van der Waals surface area contributed by atoms with Crippen LogP contribution in [0, 0.1) is 5.82 Å². The molecule has 6 nitrogen and oxygen atoms in total. The molecule has 1 N–H and O–H groups in total. The first-order valence-electron chi connectivity index (χ1n) is 12.4. The third kappa shape index (κ3) is 4.75. The Bertz CT molecular complexity index is 979. The summed E-state index contributed by atoms with van der Waals surface area (Å²) in [6, 6.07) is 15.1. The van der Waals surface area contributed by atoms with Gasteiger partial charge in [0.05, 0.1) is 26.4 Å². The number of carbonyl (C=O) groups is 1. The number of fused-ring (bicyclic) bond motifs is 1. The van der Waals surface area contributed by atoms with Crippen LogP contribution in [0.15, 0.2) is 48.5 Å². The number of morpholine rings is 1. The fraction of sp³-hybridized carbons (Fsp3) is 0.519. The van der Waals surface area contributed by atoms with Crippen LogP contribution in [0.4, 0.5) is 4.39 Å². The molecule has 3 atom stereocenters. The number of hydrogen-bond acceptors (Lipinski definition) is 5. The number of ether oxygens (including phenoxy) is 1. The zero-order valence-electron chi connectivity index (χ0n) is 19.6. The van der Waals surface area contributed by atoms with E-state index >= 15 is 0 Å². The Morgan fingerprint density at radius 1 is 1.00 bits per heavy atom. The standard InChI is InChI=1S/C27H34FN3O3/c28-23-6-2-1-5-22(23)20-7-9-21(10-8-20)27-24-17-30(11-3-4-12-31(24)25(27)19-32)26(33)18-29-13-15-34-16-14-29/h1-2,5-10,24-25,27,32H,3-4,11-19H2/t24-,25-,27-/m0/s1. The highest BCUT2D eigenvalue weighted by Gasteiger charge is 2.49. The molecular formula is C27H34FN3O3. The predicted octanol–water partition coefficient (Wildman–Crippen LogP) is 2.58. The number of hydrogen-bond donors (Lipinski definition) is 1. The van der Waals surface area contributed by atoms with Gasteiger partial charge >= 0.3 is 0 Å². The molecule has 182 valence electrons. The molecule has 3 aliphatic rings. The molecule has 3 heterocycles. The van der Waals surface area contributed by atoms with E-state index in [0.29, 0.717) is 31.9 Å². The summed E-state index contributed by atoms with van der Waals surface area (Å²) in [6.45, 7) is 5.94. The van der Waals surface area contributed by atoms with E-state index in [0.717, 1.165) is 50.1 Å². The first-order chi connectivity index (χ1) is 16.7. The Labute approximate surface area is 200 Å². The molecule has 1 amide bonds. The second-order valence-corrected chi connectivity index (χ2v) is 9.62. The number of halogens is 1. The maximum Gasteiger partial charge on any atom is 0.236 e. The SMILES string of the molecule is O=C(CN1CCOCC1)N1CCCCN2[C@@H](CO)[C@@H](c3ccc(-c4ccccc4F)cc3)[C@@H]2C1. The maximum absolute atomic E-state index is 14.2. The van der Waals surface area contributed by atoms with Crippen molar-refractivity contribution >= 4 is 5.91 Å². The minimum absolute atomic E-state index is 0.0543. The largest absolute Gasteiger partial charge is 0.395 e. The van der Waals surface area contributed by atoms with Crippen molar-refractivity contribution in [2.45, 2.75) is 30.8 Å². The molecule has 34 heavy (non-hydrogen) atoms. The average Bonchev–Trinajstić information content (AvgIpc) is 2.84. The highest BCUT2D eigenvalue weighted by atomic mass is 19.1. The number of aliphatic hydroxyl groups is 1. The first-order valence-corrected chi connectivity index (χ1v) is 12.4. The molecule has 0 saturated carbocycles. The molecule has 5 rings (SSSR count). The summed E-state index contributed by atoms with van der Waals surface area (Å²) in [5, 5.41) is 10.2. The van der Waals surface area contributed by atoms with Gasteiger partial charge in [-0.05, 0) is 36.6 Å². The van der Waals surface area contributed by atoms with Crippen molar-refractivity contribution in [3.8, 4) is 11.1 Å². The molecular weight excluding hydrogens is 433 g/mol. The lowest BCUT2D eigenvalue weighted by Crippen LogP contribution is -2.68. The average molecular weight is 468 g/mol. The molecule has 0 bridgehead atoms. The fourth-order valence-corrected chi connectivity index (χ4v) is 5.80. The summed E-state index contributed by atoms with van der Waals surface area (Å²) in [7, 11) is 0. The molecule has 0 aliphatic carbocycles. The van der Waals surface area contributed by atoms with Gasteiger partial charge < -0.3 is 14.7 Å². The van der Waals surface area contributed by atoms with Gasteiger partial charge in [0, 0.05) is 49.7 Å². The summed E-state index contributed by atoms with van der Waals surface area (Å²) in [6.07, 6.45) is 2.01. The number of rotatable bonds is 5. The van der Waals surface area contributed by atoms with Crippen LogP contribution < -0.4 is 0 Å².